The first kappa shape index (κ1) is 19.2. The molecule has 0 saturated carbocycles. The molecule has 0 saturated heterocycles. The molecule has 29 heavy (non-hydrogen) atoms. The third kappa shape index (κ3) is 4.16. The number of nitrogens with one attached hydrogen (secondary N) is 1. The van der Waals surface area contributed by atoms with E-state index in [0.717, 1.165) is 37.4 Å². The minimum absolute atomic E-state index is 0.223. The van der Waals surface area contributed by atoms with Crippen LogP contribution < -0.4 is 10.1 Å². The average molecular weight is 404 g/mol. The van der Waals surface area contributed by atoms with Crippen LogP contribution in [0, 0.1) is 11.3 Å². The number of thiophene rings is 1. The molecule has 1 amide bonds. The van der Waals surface area contributed by atoms with Crippen LogP contribution >= 0.6 is 11.3 Å². The SMILES string of the molecule is CCN1CCc2c(sc(NC(=O)c3ccc(Oc4ccccc4)cc3)c2C#N)C1. The lowest BCUT2D eigenvalue weighted by atomic mass is 10.0. The highest BCUT2D eigenvalue weighted by Gasteiger charge is 2.24. The van der Waals surface area contributed by atoms with Crippen molar-refractivity contribution in [2.45, 2.75) is 19.9 Å². The van der Waals surface area contributed by atoms with Crippen LogP contribution in [0.2, 0.25) is 0 Å². The summed E-state index contributed by atoms with van der Waals surface area (Å²) < 4.78 is 5.77. The molecule has 0 unspecified atom stereocenters. The van der Waals surface area contributed by atoms with E-state index in [1.165, 1.54) is 16.2 Å². The summed E-state index contributed by atoms with van der Waals surface area (Å²) in [4.78, 5) is 16.2. The fourth-order valence-corrected chi connectivity index (χ4v) is 4.64. The van der Waals surface area contributed by atoms with E-state index in [-0.39, 0.29) is 5.91 Å². The van der Waals surface area contributed by atoms with Crippen molar-refractivity contribution in [3.8, 4) is 17.6 Å². The van der Waals surface area contributed by atoms with E-state index in [1.54, 1.807) is 24.3 Å². The summed E-state index contributed by atoms with van der Waals surface area (Å²) in [6.07, 6.45) is 0.851. The molecule has 2 heterocycles. The van der Waals surface area contributed by atoms with E-state index in [4.69, 9.17) is 4.74 Å². The second-order valence-corrected chi connectivity index (χ2v) is 7.94. The summed E-state index contributed by atoms with van der Waals surface area (Å²) in [5.41, 5.74) is 2.22. The molecule has 0 bridgehead atoms. The van der Waals surface area contributed by atoms with Crippen LogP contribution in [0.25, 0.3) is 0 Å². The van der Waals surface area contributed by atoms with Gasteiger partial charge in [-0.25, -0.2) is 0 Å². The van der Waals surface area contributed by atoms with Gasteiger partial charge in [-0.05, 0) is 54.9 Å². The molecule has 1 aliphatic heterocycles. The number of amides is 1. The number of nitriles is 1. The third-order valence-corrected chi connectivity index (χ3v) is 6.15. The van der Waals surface area contributed by atoms with Crippen molar-refractivity contribution in [3.05, 3.63) is 76.2 Å². The Hall–Kier alpha value is -3.14. The Bertz CT molecular complexity index is 1050. The summed E-state index contributed by atoms with van der Waals surface area (Å²) in [5, 5.41) is 13.2. The second-order valence-electron chi connectivity index (χ2n) is 6.83. The molecule has 0 spiro atoms. The third-order valence-electron chi connectivity index (χ3n) is 5.02. The van der Waals surface area contributed by atoms with Crippen LogP contribution in [0.4, 0.5) is 5.00 Å². The van der Waals surface area contributed by atoms with Crippen molar-refractivity contribution < 1.29 is 9.53 Å². The highest BCUT2D eigenvalue weighted by molar-refractivity contribution is 7.16. The number of nitrogens with zero attached hydrogens (tertiary/aromatic N) is 2. The molecule has 1 N–H and O–H groups in total. The number of likely N-dealkylation sites (N-methyl/N-ethyl adjacent to an activating group) is 1. The van der Waals surface area contributed by atoms with Crippen LogP contribution in [-0.4, -0.2) is 23.9 Å². The number of fused-ring (bicyclic) bond motifs is 1. The van der Waals surface area contributed by atoms with Gasteiger partial charge in [0, 0.05) is 23.5 Å². The number of ether oxygens (including phenoxy) is 1. The molecule has 1 aliphatic rings. The molecular weight excluding hydrogens is 382 g/mol. The van der Waals surface area contributed by atoms with E-state index in [9.17, 15) is 10.1 Å². The van der Waals surface area contributed by atoms with Gasteiger partial charge in [0.2, 0.25) is 0 Å². The van der Waals surface area contributed by atoms with Crippen LogP contribution in [0.3, 0.4) is 0 Å². The lowest BCUT2D eigenvalue weighted by Gasteiger charge is -2.24. The lowest BCUT2D eigenvalue weighted by molar-refractivity contribution is 0.102. The largest absolute Gasteiger partial charge is 0.457 e. The quantitative estimate of drug-likeness (QED) is 0.648. The van der Waals surface area contributed by atoms with Gasteiger partial charge in [0.1, 0.15) is 22.6 Å². The lowest BCUT2D eigenvalue weighted by Crippen LogP contribution is -2.29. The Labute approximate surface area is 174 Å². The van der Waals surface area contributed by atoms with Crippen molar-refractivity contribution in [1.82, 2.24) is 4.90 Å². The first-order valence-corrected chi connectivity index (χ1v) is 10.4. The van der Waals surface area contributed by atoms with Gasteiger partial charge >= 0.3 is 0 Å². The van der Waals surface area contributed by atoms with Gasteiger partial charge in [-0.15, -0.1) is 11.3 Å². The van der Waals surface area contributed by atoms with E-state index in [0.29, 0.717) is 21.9 Å². The van der Waals surface area contributed by atoms with Gasteiger partial charge < -0.3 is 10.1 Å². The molecule has 6 heteroatoms. The van der Waals surface area contributed by atoms with E-state index in [1.807, 2.05) is 30.3 Å². The van der Waals surface area contributed by atoms with Gasteiger partial charge in [0.15, 0.2) is 0 Å². The van der Waals surface area contributed by atoms with E-state index >= 15 is 0 Å². The van der Waals surface area contributed by atoms with Crippen molar-refractivity contribution in [2.75, 3.05) is 18.4 Å². The van der Waals surface area contributed by atoms with Crippen LogP contribution in [-0.2, 0) is 13.0 Å². The first-order valence-electron chi connectivity index (χ1n) is 9.59. The maximum Gasteiger partial charge on any atom is 0.256 e. The summed E-state index contributed by atoms with van der Waals surface area (Å²) in [6, 6.07) is 18.8. The van der Waals surface area contributed by atoms with E-state index in [2.05, 4.69) is 23.2 Å². The molecule has 0 fully saturated rings. The van der Waals surface area contributed by atoms with Crippen LogP contribution in [0.5, 0.6) is 11.5 Å². The normalized spacial score (nSPS) is 13.4. The number of rotatable bonds is 5. The van der Waals surface area contributed by atoms with Crippen LogP contribution in [0.1, 0.15) is 33.3 Å². The number of hydrogen-bond acceptors (Lipinski definition) is 5. The number of carbonyl (C=O) groups is 1. The Morgan fingerprint density at radius 1 is 1.17 bits per heavy atom. The number of benzene rings is 2. The van der Waals surface area contributed by atoms with Gasteiger partial charge in [0.25, 0.3) is 5.91 Å². The molecule has 1 aromatic heterocycles. The van der Waals surface area contributed by atoms with Gasteiger partial charge in [0.05, 0.1) is 5.56 Å². The van der Waals surface area contributed by atoms with Crippen molar-refractivity contribution in [3.63, 3.8) is 0 Å². The number of anilines is 1. The zero-order valence-corrected chi connectivity index (χ0v) is 17.0. The first-order chi connectivity index (χ1) is 14.2. The Morgan fingerprint density at radius 2 is 1.90 bits per heavy atom. The molecule has 5 nitrogen and oxygen atoms in total. The summed E-state index contributed by atoms with van der Waals surface area (Å²) in [5.74, 6) is 1.18. The molecule has 0 radical (unpaired) electrons. The van der Waals surface area contributed by atoms with Crippen molar-refractivity contribution in [2.24, 2.45) is 0 Å². The molecule has 146 valence electrons. The molecule has 0 atom stereocenters. The maximum absolute atomic E-state index is 12.7. The number of carbonyl (C=O) groups excluding carboxylic acids is 1. The van der Waals surface area contributed by atoms with Crippen molar-refractivity contribution in [1.29, 1.82) is 5.26 Å². The second kappa shape index (κ2) is 8.48. The minimum Gasteiger partial charge on any atom is -0.457 e. The Morgan fingerprint density at radius 3 is 2.59 bits per heavy atom. The number of hydrogen-bond donors (Lipinski definition) is 1. The van der Waals surface area contributed by atoms with Crippen molar-refractivity contribution >= 4 is 22.2 Å². The maximum atomic E-state index is 12.7. The number of para-hydroxylation sites is 1. The van der Waals surface area contributed by atoms with Crippen LogP contribution in [0.15, 0.2) is 54.6 Å². The zero-order chi connectivity index (χ0) is 20.2. The molecular formula is C23H21N3O2S. The van der Waals surface area contributed by atoms with Gasteiger partial charge in [-0.1, -0.05) is 25.1 Å². The summed E-state index contributed by atoms with van der Waals surface area (Å²) in [6.45, 7) is 4.91. The smallest absolute Gasteiger partial charge is 0.256 e. The molecule has 4 rings (SSSR count). The summed E-state index contributed by atoms with van der Waals surface area (Å²) >= 11 is 1.51. The fourth-order valence-electron chi connectivity index (χ4n) is 3.41. The predicted octanol–water partition coefficient (Wildman–Crippen LogP) is 5.04. The average Bonchev–Trinajstić information content (AvgIpc) is 3.10. The predicted molar refractivity (Wildman–Crippen MR) is 115 cm³/mol. The highest BCUT2D eigenvalue weighted by atomic mass is 32.1. The topological polar surface area (TPSA) is 65.4 Å². The standard InChI is InChI=1S/C23H21N3O2S/c1-2-26-13-12-19-20(14-24)23(29-21(19)15-26)25-22(27)16-8-10-18(11-9-16)28-17-6-4-3-5-7-17/h3-11H,2,12-13,15H2,1H3,(H,25,27). The monoisotopic (exact) mass is 403 g/mol. The Balaban J connectivity index is 1.48. The molecule has 3 aromatic rings. The molecule has 2 aromatic carbocycles. The molecule has 0 aliphatic carbocycles. The van der Waals surface area contributed by atoms with Gasteiger partial charge in [-0.2, -0.15) is 5.26 Å². The highest BCUT2D eigenvalue weighted by Crippen LogP contribution is 2.36. The van der Waals surface area contributed by atoms with E-state index < -0.39 is 0 Å². The minimum atomic E-state index is -0.223. The zero-order valence-electron chi connectivity index (χ0n) is 16.1. The Kier molecular flexibility index (Phi) is 5.61. The summed E-state index contributed by atoms with van der Waals surface area (Å²) in [7, 11) is 0. The fraction of sp³-hybridized carbons (Fsp3) is 0.217. The van der Waals surface area contributed by atoms with Gasteiger partial charge in [-0.3, -0.25) is 9.69 Å².